The van der Waals surface area contributed by atoms with E-state index in [2.05, 4.69) is 12.6 Å². The second-order valence-corrected chi connectivity index (χ2v) is 3.19. The van der Waals surface area contributed by atoms with Gasteiger partial charge < -0.3 is 15.6 Å². The summed E-state index contributed by atoms with van der Waals surface area (Å²) >= 11 is 3.90. The van der Waals surface area contributed by atoms with Crippen LogP contribution in [-0.2, 0) is 4.74 Å². The number of hydrogen-bond acceptors (Lipinski definition) is 5. The highest BCUT2D eigenvalue weighted by molar-refractivity contribution is 7.80. The lowest BCUT2D eigenvalue weighted by Crippen LogP contribution is -2.21. The van der Waals surface area contributed by atoms with E-state index < -0.39 is 11.4 Å². The zero-order valence-electron chi connectivity index (χ0n) is 7.38. The van der Waals surface area contributed by atoms with Crippen molar-refractivity contribution in [1.29, 1.82) is 0 Å². The molecule has 0 aromatic heterocycles. The molecule has 76 valence electrons. The first kappa shape index (κ1) is 10.9. The molecule has 1 atom stereocenters. The molecule has 0 bridgehead atoms. The van der Waals surface area contributed by atoms with E-state index in [1.807, 2.05) is 0 Å². The Morgan fingerprint density at radius 1 is 1.57 bits per heavy atom. The monoisotopic (exact) mass is 213 g/mol. The molecule has 0 aliphatic carbocycles. The first-order chi connectivity index (χ1) is 6.65. The van der Waals surface area contributed by atoms with Gasteiger partial charge >= 0.3 is 5.97 Å². The van der Waals surface area contributed by atoms with Gasteiger partial charge in [0.2, 0.25) is 0 Å². The Kier molecular flexibility index (Phi) is 3.79. The standard InChI is InChI=1S/C9H11NO3S/c10-5-8(14)13-9(12)6-3-1-2-4-7(6)11/h1-4,8,11,14H,5,10H2. The van der Waals surface area contributed by atoms with E-state index in [4.69, 9.17) is 10.5 Å². The second-order valence-electron chi connectivity index (χ2n) is 2.61. The zero-order valence-corrected chi connectivity index (χ0v) is 8.28. The SMILES string of the molecule is NCC(S)OC(=O)c1ccccc1O. The quantitative estimate of drug-likeness (QED) is 0.394. The summed E-state index contributed by atoms with van der Waals surface area (Å²) in [4.78, 5) is 11.3. The number of phenols is 1. The number of benzene rings is 1. The molecule has 0 aliphatic heterocycles. The normalized spacial score (nSPS) is 12.1. The smallest absolute Gasteiger partial charge is 0.343 e. The molecule has 0 radical (unpaired) electrons. The molecular formula is C9H11NO3S. The van der Waals surface area contributed by atoms with Crippen molar-refractivity contribution < 1.29 is 14.6 Å². The van der Waals surface area contributed by atoms with Gasteiger partial charge in [-0.25, -0.2) is 4.79 Å². The Labute approximate surface area is 87.1 Å². The van der Waals surface area contributed by atoms with E-state index in [0.717, 1.165) is 0 Å². The Balaban J connectivity index is 2.75. The number of carbonyl (C=O) groups is 1. The second kappa shape index (κ2) is 4.88. The van der Waals surface area contributed by atoms with Gasteiger partial charge in [0, 0.05) is 6.54 Å². The molecule has 5 heteroatoms. The van der Waals surface area contributed by atoms with Gasteiger partial charge in [-0.3, -0.25) is 0 Å². The minimum absolute atomic E-state index is 0.111. The first-order valence-electron chi connectivity index (χ1n) is 4.02. The summed E-state index contributed by atoms with van der Waals surface area (Å²) < 4.78 is 4.81. The molecule has 0 fully saturated rings. The topological polar surface area (TPSA) is 72.5 Å². The third-order valence-electron chi connectivity index (χ3n) is 1.57. The molecular weight excluding hydrogens is 202 g/mol. The summed E-state index contributed by atoms with van der Waals surface area (Å²) in [6.07, 6.45) is 0. The Morgan fingerprint density at radius 3 is 2.79 bits per heavy atom. The van der Waals surface area contributed by atoms with Crippen molar-refractivity contribution in [3.8, 4) is 5.75 Å². The van der Waals surface area contributed by atoms with E-state index >= 15 is 0 Å². The van der Waals surface area contributed by atoms with Gasteiger partial charge in [0.25, 0.3) is 0 Å². The van der Waals surface area contributed by atoms with Crippen molar-refractivity contribution in [3.63, 3.8) is 0 Å². The molecule has 0 aliphatic rings. The van der Waals surface area contributed by atoms with E-state index in [1.165, 1.54) is 12.1 Å². The lowest BCUT2D eigenvalue weighted by molar-refractivity contribution is 0.0469. The van der Waals surface area contributed by atoms with Crippen LogP contribution >= 0.6 is 12.6 Å². The van der Waals surface area contributed by atoms with Gasteiger partial charge in [-0.05, 0) is 12.1 Å². The van der Waals surface area contributed by atoms with Crippen LogP contribution < -0.4 is 5.73 Å². The van der Waals surface area contributed by atoms with Crippen molar-refractivity contribution in [3.05, 3.63) is 29.8 Å². The predicted octanol–water partition coefficient (Wildman–Crippen LogP) is 0.764. The minimum Gasteiger partial charge on any atom is -0.507 e. The van der Waals surface area contributed by atoms with Crippen LogP contribution in [0.25, 0.3) is 0 Å². The lowest BCUT2D eigenvalue weighted by Gasteiger charge is -2.10. The van der Waals surface area contributed by atoms with Crippen LogP contribution in [0.4, 0.5) is 0 Å². The van der Waals surface area contributed by atoms with E-state index in [-0.39, 0.29) is 17.9 Å². The molecule has 1 unspecified atom stereocenters. The highest BCUT2D eigenvalue weighted by Crippen LogP contribution is 2.17. The molecule has 3 N–H and O–H groups in total. The van der Waals surface area contributed by atoms with Crippen molar-refractivity contribution in [1.82, 2.24) is 0 Å². The van der Waals surface area contributed by atoms with Crippen LogP contribution in [-0.4, -0.2) is 23.1 Å². The zero-order chi connectivity index (χ0) is 10.6. The summed E-state index contributed by atoms with van der Waals surface area (Å²) in [5.41, 5.74) is 4.68. The number of rotatable bonds is 3. The summed E-state index contributed by atoms with van der Waals surface area (Å²) in [6.45, 7) is 0.127. The molecule has 1 rings (SSSR count). The fraction of sp³-hybridized carbons (Fsp3) is 0.222. The number of ether oxygens (including phenoxy) is 1. The van der Waals surface area contributed by atoms with Crippen molar-refractivity contribution in [2.24, 2.45) is 5.73 Å². The van der Waals surface area contributed by atoms with Crippen LogP contribution in [0.1, 0.15) is 10.4 Å². The number of nitrogens with two attached hydrogens (primary N) is 1. The Bertz CT molecular complexity index is 330. The van der Waals surface area contributed by atoms with Crippen molar-refractivity contribution in [2.75, 3.05) is 6.54 Å². The summed E-state index contributed by atoms with van der Waals surface area (Å²) in [6, 6.07) is 6.13. The number of para-hydroxylation sites is 1. The number of aromatic hydroxyl groups is 1. The number of thiol groups is 1. The molecule has 1 aromatic carbocycles. The van der Waals surface area contributed by atoms with E-state index in [0.29, 0.717) is 0 Å². The molecule has 1 aromatic rings. The van der Waals surface area contributed by atoms with E-state index in [9.17, 15) is 9.90 Å². The maximum absolute atomic E-state index is 11.3. The first-order valence-corrected chi connectivity index (χ1v) is 4.54. The van der Waals surface area contributed by atoms with E-state index in [1.54, 1.807) is 12.1 Å². The maximum Gasteiger partial charge on any atom is 0.343 e. The van der Waals surface area contributed by atoms with Gasteiger partial charge in [-0.15, -0.1) is 12.6 Å². The predicted molar refractivity (Wildman–Crippen MR) is 55.4 cm³/mol. The van der Waals surface area contributed by atoms with Crippen LogP contribution in [0.15, 0.2) is 24.3 Å². The van der Waals surface area contributed by atoms with Crippen molar-refractivity contribution in [2.45, 2.75) is 5.44 Å². The highest BCUT2D eigenvalue weighted by atomic mass is 32.1. The lowest BCUT2D eigenvalue weighted by atomic mass is 10.2. The molecule has 4 nitrogen and oxygen atoms in total. The average Bonchev–Trinajstić information content (AvgIpc) is 2.18. The van der Waals surface area contributed by atoms with Crippen LogP contribution in [0.5, 0.6) is 5.75 Å². The summed E-state index contributed by atoms with van der Waals surface area (Å²) in [7, 11) is 0. The van der Waals surface area contributed by atoms with Crippen LogP contribution in [0.2, 0.25) is 0 Å². The number of esters is 1. The van der Waals surface area contributed by atoms with Gasteiger partial charge in [-0.2, -0.15) is 0 Å². The molecule has 0 saturated heterocycles. The summed E-state index contributed by atoms with van der Waals surface area (Å²) in [5, 5.41) is 9.31. The molecule has 0 heterocycles. The van der Waals surface area contributed by atoms with Gasteiger partial charge in [0.15, 0.2) is 5.44 Å². The maximum atomic E-state index is 11.3. The Hall–Kier alpha value is -1.20. The average molecular weight is 213 g/mol. The third kappa shape index (κ3) is 2.65. The number of carbonyl (C=O) groups excluding carboxylic acids is 1. The minimum atomic E-state index is -0.651. The molecule has 0 spiro atoms. The molecule has 0 amide bonds. The largest absolute Gasteiger partial charge is 0.507 e. The summed E-state index contributed by atoms with van der Waals surface area (Å²) in [5.74, 6) is -0.747. The Morgan fingerprint density at radius 2 is 2.21 bits per heavy atom. The number of phenolic OH excluding ortho intramolecular Hbond substituents is 1. The van der Waals surface area contributed by atoms with Gasteiger partial charge in [0.1, 0.15) is 11.3 Å². The fourth-order valence-corrected chi connectivity index (χ4v) is 0.977. The van der Waals surface area contributed by atoms with Gasteiger partial charge in [-0.1, -0.05) is 12.1 Å². The number of hydrogen-bond donors (Lipinski definition) is 3. The van der Waals surface area contributed by atoms with Gasteiger partial charge in [0.05, 0.1) is 0 Å². The molecule has 0 saturated carbocycles. The van der Waals surface area contributed by atoms with Crippen molar-refractivity contribution >= 4 is 18.6 Å². The van der Waals surface area contributed by atoms with Crippen LogP contribution in [0.3, 0.4) is 0 Å². The molecule has 14 heavy (non-hydrogen) atoms. The fourth-order valence-electron chi connectivity index (χ4n) is 0.881. The highest BCUT2D eigenvalue weighted by Gasteiger charge is 2.14. The van der Waals surface area contributed by atoms with Crippen LogP contribution in [0, 0.1) is 0 Å². The third-order valence-corrected chi connectivity index (χ3v) is 1.88.